The van der Waals surface area contributed by atoms with Gasteiger partial charge in [-0.3, -0.25) is 9.78 Å². The van der Waals surface area contributed by atoms with Crippen LogP contribution in [-0.2, 0) is 0 Å². The number of aromatic nitrogens is 2. The molecule has 4 heteroatoms. The Kier molecular flexibility index (Phi) is 1.42. The molecule has 0 fully saturated rings. The van der Waals surface area contributed by atoms with E-state index in [0.29, 0.717) is 21.6 Å². The molecule has 0 aliphatic heterocycles. The van der Waals surface area contributed by atoms with Crippen LogP contribution in [0.1, 0.15) is 0 Å². The molecule has 0 spiro atoms. The fourth-order valence-corrected chi connectivity index (χ4v) is 1.82. The van der Waals surface area contributed by atoms with E-state index in [0.717, 1.165) is 11.6 Å². The van der Waals surface area contributed by atoms with E-state index in [1.165, 1.54) is 0 Å². The lowest BCUT2D eigenvalue weighted by atomic mass is 10.1. The maximum absolute atomic E-state index is 11.5. The molecule has 1 aromatic carbocycles. The summed E-state index contributed by atoms with van der Waals surface area (Å²) in [6.45, 7) is 0. The molecule has 0 radical (unpaired) electrons. The van der Waals surface area contributed by atoms with Crippen LogP contribution in [0.15, 0.2) is 29.2 Å². The van der Waals surface area contributed by atoms with Gasteiger partial charge in [-0.2, -0.15) is 0 Å². The Bertz CT molecular complexity index is 752. The molecule has 0 atom stereocenters. The van der Waals surface area contributed by atoms with E-state index in [1.807, 2.05) is 0 Å². The van der Waals surface area contributed by atoms with E-state index in [2.05, 4.69) is 9.97 Å². The summed E-state index contributed by atoms with van der Waals surface area (Å²) >= 11 is 0. The fourth-order valence-electron chi connectivity index (χ4n) is 1.82. The Hall–Kier alpha value is -2.23. The van der Waals surface area contributed by atoms with Gasteiger partial charge in [-0.15, -0.1) is 0 Å². The van der Waals surface area contributed by atoms with Gasteiger partial charge in [0.15, 0.2) is 0 Å². The Morgan fingerprint density at radius 3 is 2.93 bits per heavy atom. The molecule has 0 unspecified atom stereocenters. The van der Waals surface area contributed by atoms with Gasteiger partial charge >= 0.3 is 0 Å². The Morgan fingerprint density at radius 2 is 2.13 bits per heavy atom. The summed E-state index contributed by atoms with van der Waals surface area (Å²) in [5.41, 5.74) is 0.998. The number of pyridine rings is 1. The summed E-state index contributed by atoms with van der Waals surface area (Å²) in [5.74, 6) is 0. The minimum Gasteiger partial charge on any atom is -0.515 e. The number of aliphatic hydroxyl groups excluding tert-OH is 1. The van der Waals surface area contributed by atoms with Gasteiger partial charge in [-0.1, -0.05) is 0 Å². The van der Waals surface area contributed by atoms with E-state index in [4.69, 9.17) is 5.11 Å². The highest BCUT2D eigenvalue weighted by molar-refractivity contribution is 6.07. The van der Waals surface area contributed by atoms with Crippen molar-refractivity contribution in [1.82, 2.24) is 9.97 Å². The molecule has 3 rings (SSSR count). The van der Waals surface area contributed by atoms with Gasteiger partial charge in [-0.05, 0) is 18.2 Å². The molecule has 2 aromatic heterocycles. The lowest BCUT2D eigenvalue weighted by molar-refractivity contribution is 0.541. The lowest BCUT2D eigenvalue weighted by Gasteiger charge is -1.95. The van der Waals surface area contributed by atoms with Crippen LogP contribution in [0.4, 0.5) is 0 Å². The van der Waals surface area contributed by atoms with Gasteiger partial charge in [0.2, 0.25) is 0 Å². The molecule has 15 heavy (non-hydrogen) atoms. The third-order valence-electron chi connectivity index (χ3n) is 2.49. The van der Waals surface area contributed by atoms with E-state index < -0.39 is 0 Å². The number of benzene rings is 1. The maximum atomic E-state index is 11.5. The summed E-state index contributed by atoms with van der Waals surface area (Å²) in [4.78, 5) is 19.5. The standard InChI is InChI=1S/C11H6N2O2/c14-5-6-1-2-7-9-8(13-11(7)15)3-4-12-10(6)9/h1-5,14H/b6-5+. The Morgan fingerprint density at radius 1 is 1.27 bits per heavy atom. The van der Waals surface area contributed by atoms with E-state index in [9.17, 15) is 4.79 Å². The highest BCUT2D eigenvalue weighted by Crippen LogP contribution is 2.18. The van der Waals surface area contributed by atoms with Crippen LogP contribution in [0.2, 0.25) is 0 Å². The first-order chi connectivity index (χ1) is 7.31. The normalized spacial score (nSPS) is 12.9. The molecule has 0 saturated carbocycles. The monoisotopic (exact) mass is 198 g/mol. The molecular formula is C11H6N2O2. The highest BCUT2D eigenvalue weighted by Gasteiger charge is 2.10. The molecule has 0 aliphatic rings. The number of hydrogen-bond acceptors (Lipinski definition) is 4. The van der Waals surface area contributed by atoms with Crippen LogP contribution in [-0.4, -0.2) is 15.1 Å². The van der Waals surface area contributed by atoms with Crippen molar-refractivity contribution in [1.29, 1.82) is 0 Å². The lowest BCUT2D eigenvalue weighted by Crippen LogP contribution is -2.04. The van der Waals surface area contributed by atoms with Crippen molar-refractivity contribution in [3.8, 4) is 0 Å². The SMILES string of the molecule is O=c1nc2ccnc3/c(=C/O)ccc1c23. The van der Waals surface area contributed by atoms with Gasteiger partial charge in [0.25, 0.3) is 5.56 Å². The molecule has 3 aromatic rings. The van der Waals surface area contributed by atoms with Crippen molar-refractivity contribution in [2.75, 3.05) is 0 Å². The first kappa shape index (κ1) is 8.11. The van der Waals surface area contributed by atoms with Crippen LogP contribution >= 0.6 is 0 Å². The van der Waals surface area contributed by atoms with E-state index in [1.54, 1.807) is 24.4 Å². The Balaban J connectivity index is 2.80. The average Bonchev–Trinajstić information content (AvgIpc) is 2.58. The zero-order valence-corrected chi connectivity index (χ0v) is 7.64. The second-order valence-electron chi connectivity index (χ2n) is 3.30. The number of nitrogens with zero attached hydrogens (tertiary/aromatic N) is 2. The van der Waals surface area contributed by atoms with Crippen LogP contribution in [0, 0.1) is 0 Å². The first-order valence-corrected chi connectivity index (χ1v) is 4.46. The molecule has 0 amide bonds. The predicted molar refractivity (Wildman–Crippen MR) is 56.8 cm³/mol. The molecular weight excluding hydrogens is 192 g/mol. The summed E-state index contributed by atoms with van der Waals surface area (Å²) in [6.07, 6.45) is 2.56. The molecule has 0 aliphatic carbocycles. The quantitative estimate of drug-likeness (QED) is 0.574. The molecule has 0 saturated heterocycles. The van der Waals surface area contributed by atoms with Crippen molar-refractivity contribution >= 4 is 28.1 Å². The van der Waals surface area contributed by atoms with E-state index in [-0.39, 0.29) is 5.56 Å². The largest absolute Gasteiger partial charge is 0.515 e. The van der Waals surface area contributed by atoms with E-state index >= 15 is 0 Å². The zero-order valence-electron chi connectivity index (χ0n) is 7.64. The van der Waals surface area contributed by atoms with Crippen LogP contribution in [0.5, 0.6) is 0 Å². The topological polar surface area (TPSA) is 63.1 Å². The summed E-state index contributed by atoms with van der Waals surface area (Å²) < 4.78 is 0. The molecule has 2 heterocycles. The fraction of sp³-hybridized carbons (Fsp3) is 0. The van der Waals surface area contributed by atoms with Crippen molar-refractivity contribution in [3.05, 3.63) is 40.0 Å². The summed E-state index contributed by atoms with van der Waals surface area (Å²) in [7, 11) is 0. The van der Waals surface area contributed by atoms with Crippen molar-refractivity contribution in [2.24, 2.45) is 0 Å². The highest BCUT2D eigenvalue weighted by atomic mass is 16.2. The van der Waals surface area contributed by atoms with Gasteiger partial charge < -0.3 is 5.11 Å². The maximum Gasteiger partial charge on any atom is 0.278 e. The third kappa shape index (κ3) is 0.929. The third-order valence-corrected chi connectivity index (χ3v) is 2.49. The number of aliphatic hydroxyl groups is 1. The smallest absolute Gasteiger partial charge is 0.278 e. The minimum absolute atomic E-state index is 0.243. The van der Waals surface area contributed by atoms with Crippen molar-refractivity contribution < 1.29 is 5.11 Å². The van der Waals surface area contributed by atoms with Crippen molar-refractivity contribution in [3.63, 3.8) is 0 Å². The molecule has 72 valence electrons. The minimum atomic E-state index is -0.243. The summed E-state index contributed by atoms with van der Waals surface area (Å²) in [5, 5.41) is 10.9. The second kappa shape index (κ2) is 2.63. The van der Waals surface area contributed by atoms with Gasteiger partial charge in [-0.25, -0.2) is 4.98 Å². The number of rotatable bonds is 0. The molecule has 1 N–H and O–H groups in total. The van der Waals surface area contributed by atoms with Gasteiger partial charge in [0.05, 0.1) is 22.7 Å². The molecule has 0 bridgehead atoms. The Labute approximate surface area is 83.8 Å². The van der Waals surface area contributed by atoms with Crippen molar-refractivity contribution in [2.45, 2.75) is 0 Å². The summed E-state index contributed by atoms with van der Waals surface area (Å²) in [6, 6.07) is 5.01. The average molecular weight is 198 g/mol. The second-order valence-corrected chi connectivity index (χ2v) is 3.30. The van der Waals surface area contributed by atoms with Crippen LogP contribution in [0.25, 0.3) is 28.1 Å². The van der Waals surface area contributed by atoms with Crippen LogP contribution in [0.3, 0.4) is 0 Å². The number of hydrogen-bond donors (Lipinski definition) is 1. The van der Waals surface area contributed by atoms with Gasteiger partial charge in [0.1, 0.15) is 0 Å². The van der Waals surface area contributed by atoms with Gasteiger partial charge in [0, 0.05) is 16.8 Å². The van der Waals surface area contributed by atoms with Crippen LogP contribution < -0.4 is 10.8 Å². The zero-order chi connectivity index (χ0) is 10.4. The molecule has 4 nitrogen and oxygen atoms in total. The first-order valence-electron chi connectivity index (χ1n) is 4.46. The predicted octanol–water partition coefficient (Wildman–Crippen LogP) is 0.596.